The molecule has 108 valence electrons. The number of methoxy groups -OCH3 is 1. The van der Waals surface area contributed by atoms with Crippen LogP contribution in [0.5, 0.6) is 0 Å². The molecule has 1 atom stereocenters. The molecule has 0 radical (unpaired) electrons. The van der Waals surface area contributed by atoms with Crippen LogP contribution < -0.4 is 5.46 Å². The van der Waals surface area contributed by atoms with Gasteiger partial charge in [-0.15, -0.1) is 0 Å². The van der Waals surface area contributed by atoms with Gasteiger partial charge in [-0.05, 0) is 44.8 Å². The lowest BCUT2D eigenvalue weighted by molar-refractivity contribution is -0.0231. The fourth-order valence-corrected chi connectivity index (χ4v) is 2.84. The first-order chi connectivity index (χ1) is 9.32. The number of carbonyl (C=O) groups is 1. The molecule has 1 fully saturated rings. The van der Waals surface area contributed by atoms with Crippen molar-refractivity contribution in [1.29, 1.82) is 0 Å². The SMILES string of the molecule is COC(=O)c1cc(Br)ccc1B1OC(C)CC(C)(C)O1. The maximum Gasteiger partial charge on any atom is 0.495 e. The van der Waals surface area contributed by atoms with Crippen molar-refractivity contribution >= 4 is 34.5 Å². The van der Waals surface area contributed by atoms with Gasteiger partial charge < -0.3 is 14.0 Å². The molecule has 1 aromatic carbocycles. The van der Waals surface area contributed by atoms with Crippen LogP contribution in [0.25, 0.3) is 0 Å². The van der Waals surface area contributed by atoms with Crippen LogP contribution in [0.2, 0.25) is 0 Å². The van der Waals surface area contributed by atoms with Crippen molar-refractivity contribution in [2.75, 3.05) is 7.11 Å². The minimum Gasteiger partial charge on any atom is -0.465 e. The molecule has 1 unspecified atom stereocenters. The Morgan fingerprint density at radius 2 is 2.20 bits per heavy atom. The van der Waals surface area contributed by atoms with Crippen molar-refractivity contribution in [3.63, 3.8) is 0 Å². The summed E-state index contributed by atoms with van der Waals surface area (Å²) in [5, 5.41) is 0. The lowest BCUT2D eigenvalue weighted by atomic mass is 9.72. The summed E-state index contributed by atoms with van der Waals surface area (Å²) in [6, 6.07) is 5.41. The Morgan fingerprint density at radius 3 is 2.80 bits per heavy atom. The first kappa shape index (κ1) is 15.5. The summed E-state index contributed by atoms with van der Waals surface area (Å²) in [5.41, 5.74) is 0.861. The van der Waals surface area contributed by atoms with Crippen molar-refractivity contribution in [3.05, 3.63) is 28.2 Å². The zero-order valence-corrected chi connectivity index (χ0v) is 13.7. The van der Waals surface area contributed by atoms with E-state index in [0.717, 1.165) is 10.9 Å². The molecule has 0 amide bonds. The van der Waals surface area contributed by atoms with Crippen LogP contribution in [0.15, 0.2) is 22.7 Å². The second-order valence-corrected chi connectivity index (χ2v) is 6.50. The van der Waals surface area contributed by atoms with Gasteiger partial charge in [0.15, 0.2) is 0 Å². The van der Waals surface area contributed by atoms with Crippen molar-refractivity contribution in [1.82, 2.24) is 0 Å². The first-order valence-electron chi connectivity index (χ1n) is 6.53. The lowest BCUT2D eigenvalue weighted by Gasteiger charge is -2.38. The number of halogens is 1. The number of carbonyl (C=O) groups excluding carboxylic acids is 1. The Morgan fingerprint density at radius 1 is 1.50 bits per heavy atom. The zero-order chi connectivity index (χ0) is 14.9. The largest absolute Gasteiger partial charge is 0.495 e. The van der Waals surface area contributed by atoms with Gasteiger partial charge >= 0.3 is 13.1 Å². The molecule has 1 heterocycles. The van der Waals surface area contributed by atoms with Crippen molar-refractivity contribution in [2.24, 2.45) is 0 Å². The fourth-order valence-electron chi connectivity index (χ4n) is 2.47. The predicted molar refractivity (Wildman–Crippen MR) is 81.2 cm³/mol. The quantitative estimate of drug-likeness (QED) is 0.613. The lowest BCUT2D eigenvalue weighted by Crippen LogP contribution is -2.53. The fraction of sp³-hybridized carbons (Fsp3) is 0.500. The van der Waals surface area contributed by atoms with E-state index >= 15 is 0 Å². The van der Waals surface area contributed by atoms with Crippen LogP contribution in [-0.4, -0.2) is 31.9 Å². The minimum atomic E-state index is -0.559. The topological polar surface area (TPSA) is 44.8 Å². The van der Waals surface area contributed by atoms with Gasteiger partial charge in [0.2, 0.25) is 0 Å². The molecule has 1 aliphatic heterocycles. The number of ether oxygens (including phenoxy) is 1. The van der Waals surface area contributed by atoms with Crippen LogP contribution in [0.4, 0.5) is 0 Å². The Bertz CT molecular complexity index is 518. The number of hydrogen-bond donors (Lipinski definition) is 0. The summed E-state index contributed by atoms with van der Waals surface area (Å²) < 4.78 is 17.4. The average Bonchev–Trinajstić information content (AvgIpc) is 2.35. The van der Waals surface area contributed by atoms with Gasteiger partial charge in [0.25, 0.3) is 0 Å². The summed E-state index contributed by atoms with van der Waals surface area (Å²) in [6.07, 6.45) is 0.881. The highest BCUT2D eigenvalue weighted by Crippen LogP contribution is 2.26. The summed E-state index contributed by atoms with van der Waals surface area (Å²) in [6.45, 7) is 6.05. The maximum atomic E-state index is 11.9. The van der Waals surface area contributed by atoms with E-state index in [4.69, 9.17) is 14.0 Å². The van der Waals surface area contributed by atoms with Gasteiger partial charge in [-0.25, -0.2) is 4.79 Å². The van der Waals surface area contributed by atoms with Gasteiger partial charge in [-0.2, -0.15) is 0 Å². The van der Waals surface area contributed by atoms with Gasteiger partial charge in [0, 0.05) is 10.6 Å². The second kappa shape index (κ2) is 5.88. The molecule has 0 aliphatic carbocycles. The predicted octanol–water partition coefficient (Wildman–Crippen LogP) is 2.53. The molecule has 0 aromatic heterocycles. The molecular formula is C14H18BBrO4. The molecular weight excluding hydrogens is 323 g/mol. The first-order valence-corrected chi connectivity index (χ1v) is 7.33. The van der Waals surface area contributed by atoms with Crippen LogP contribution in [0.3, 0.4) is 0 Å². The Hall–Kier alpha value is -0.845. The number of hydrogen-bond acceptors (Lipinski definition) is 4. The highest BCUT2D eigenvalue weighted by atomic mass is 79.9. The summed E-state index contributed by atoms with van der Waals surface area (Å²) in [7, 11) is 0.804. The standard InChI is InChI=1S/C14H18BBrO4/c1-9-8-14(2,3)20-15(19-9)12-6-5-10(16)7-11(12)13(17)18-4/h5-7,9H,8H2,1-4H3. The third-order valence-corrected chi connectivity index (χ3v) is 3.73. The van der Waals surface area contributed by atoms with E-state index in [2.05, 4.69) is 15.9 Å². The molecule has 1 aromatic rings. The van der Waals surface area contributed by atoms with E-state index in [-0.39, 0.29) is 11.7 Å². The minimum absolute atomic E-state index is 0.0675. The summed E-state index contributed by atoms with van der Waals surface area (Å²) in [4.78, 5) is 11.9. The van der Waals surface area contributed by atoms with Crippen molar-refractivity contribution < 1.29 is 18.8 Å². The van der Waals surface area contributed by atoms with Crippen LogP contribution in [0, 0.1) is 0 Å². The molecule has 1 aliphatic rings. The third-order valence-electron chi connectivity index (χ3n) is 3.24. The second-order valence-electron chi connectivity index (χ2n) is 5.58. The van der Waals surface area contributed by atoms with Crippen LogP contribution >= 0.6 is 15.9 Å². The van der Waals surface area contributed by atoms with Gasteiger partial charge in [0.1, 0.15) is 0 Å². The highest BCUT2D eigenvalue weighted by molar-refractivity contribution is 9.10. The van der Waals surface area contributed by atoms with Gasteiger partial charge in [-0.1, -0.05) is 22.0 Å². The molecule has 1 saturated heterocycles. The smallest absolute Gasteiger partial charge is 0.465 e. The Labute approximate surface area is 128 Å². The molecule has 6 heteroatoms. The number of rotatable bonds is 2. The summed E-state index contributed by atoms with van der Waals surface area (Å²) >= 11 is 3.36. The normalized spacial score (nSPS) is 21.6. The third kappa shape index (κ3) is 3.43. The van der Waals surface area contributed by atoms with Gasteiger partial charge in [-0.3, -0.25) is 0 Å². The zero-order valence-electron chi connectivity index (χ0n) is 12.1. The Kier molecular flexibility index (Phi) is 4.57. The average molecular weight is 341 g/mol. The van der Waals surface area contributed by atoms with Crippen molar-refractivity contribution in [2.45, 2.75) is 38.9 Å². The summed E-state index contributed by atoms with van der Waals surface area (Å²) in [5.74, 6) is -0.399. The van der Waals surface area contributed by atoms with E-state index in [1.807, 2.05) is 32.9 Å². The molecule has 0 N–H and O–H groups in total. The Balaban J connectivity index is 2.39. The maximum absolute atomic E-state index is 11.9. The number of benzene rings is 1. The van der Waals surface area contributed by atoms with E-state index < -0.39 is 13.1 Å². The number of esters is 1. The van der Waals surface area contributed by atoms with Crippen LogP contribution in [-0.2, 0) is 14.0 Å². The van der Waals surface area contributed by atoms with Crippen LogP contribution in [0.1, 0.15) is 37.6 Å². The molecule has 0 spiro atoms. The molecule has 2 rings (SSSR count). The van der Waals surface area contributed by atoms with E-state index in [9.17, 15) is 4.79 Å². The molecule has 4 nitrogen and oxygen atoms in total. The van der Waals surface area contributed by atoms with E-state index in [0.29, 0.717) is 11.0 Å². The molecule has 20 heavy (non-hydrogen) atoms. The van der Waals surface area contributed by atoms with Gasteiger partial charge in [0.05, 0.1) is 18.3 Å². The molecule has 0 bridgehead atoms. The van der Waals surface area contributed by atoms with Crippen molar-refractivity contribution in [3.8, 4) is 0 Å². The van der Waals surface area contributed by atoms with E-state index in [1.54, 1.807) is 6.07 Å². The van der Waals surface area contributed by atoms with E-state index in [1.165, 1.54) is 7.11 Å². The highest BCUT2D eigenvalue weighted by Gasteiger charge is 2.40. The molecule has 0 saturated carbocycles. The monoisotopic (exact) mass is 340 g/mol.